The van der Waals surface area contributed by atoms with Gasteiger partial charge in [0.05, 0.1) is 6.04 Å². The molecule has 2 aromatic rings. The van der Waals surface area contributed by atoms with Crippen molar-refractivity contribution >= 4 is 17.5 Å². The van der Waals surface area contributed by atoms with Crippen molar-refractivity contribution in [2.75, 3.05) is 13.1 Å². The monoisotopic (exact) mass is 397 g/mol. The first-order valence-electron chi connectivity index (χ1n) is 10.2. The number of benzene rings is 2. The van der Waals surface area contributed by atoms with Crippen molar-refractivity contribution in [3.63, 3.8) is 0 Å². The lowest BCUT2D eigenvalue weighted by Crippen LogP contribution is -2.42. The molecule has 2 aliphatic rings. The number of likely N-dealkylation sites (N-methyl/N-ethyl adjacent to an activating group) is 1. The van der Waals surface area contributed by atoms with E-state index in [9.17, 15) is 4.79 Å². The molecule has 0 saturated carbocycles. The van der Waals surface area contributed by atoms with Crippen LogP contribution in [0.2, 0.25) is 5.02 Å². The van der Waals surface area contributed by atoms with E-state index in [4.69, 9.17) is 11.6 Å². The normalized spacial score (nSPS) is 22.4. The number of hydrogen-bond acceptors (Lipinski definition) is 3. The van der Waals surface area contributed by atoms with Crippen molar-refractivity contribution in [2.24, 2.45) is 0 Å². The first-order valence-corrected chi connectivity index (χ1v) is 10.6. The molecule has 0 bridgehead atoms. The summed E-state index contributed by atoms with van der Waals surface area (Å²) in [6.45, 7) is 4.19. The number of fused-ring (bicyclic) bond motifs is 1. The van der Waals surface area contributed by atoms with Crippen LogP contribution in [0.25, 0.3) is 0 Å². The van der Waals surface area contributed by atoms with E-state index in [1.165, 1.54) is 11.1 Å². The fraction of sp³-hybridized carbons (Fsp3) is 0.435. The Hall–Kier alpha value is -1.88. The van der Waals surface area contributed by atoms with Crippen molar-refractivity contribution < 1.29 is 4.79 Å². The number of carbonyl (C=O) groups excluding carboxylic acids is 1. The highest BCUT2D eigenvalue weighted by Gasteiger charge is 2.38. The van der Waals surface area contributed by atoms with Crippen molar-refractivity contribution in [3.05, 3.63) is 70.2 Å². The molecule has 1 fully saturated rings. The third kappa shape index (κ3) is 4.24. The molecular formula is C23H28ClN3O. The molecule has 1 aliphatic carbocycles. The van der Waals surface area contributed by atoms with Gasteiger partial charge in [-0.2, -0.15) is 0 Å². The van der Waals surface area contributed by atoms with Crippen molar-refractivity contribution in [2.45, 2.75) is 50.9 Å². The minimum atomic E-state index is -0.113. The van der Waals surface area contributed by atoms with E-state index < -0.39 is 0 Å². The van der Waals surface area contributed by atoms with Gasteiger partial charge in [0.25, 0.3) is 0 Å². The summed E-state index contributed by atoms with van der Waals surface area (Å²) in [6.07, 6.45) is 2.98. The first-order chi connectivity index (χ1) is 13.6. The molecule has 0 radical (unpaired) electrons. The Labute approximate surface area is 172 Å². The van der Waals surface area contributed by atoms with Crippen LogP contribution in [0, 0.1) is 0 Å². The van der Waals surface area contributed by atoms with Crippen LogP contribution in [-0.4, -0.2) is 42.0 Å². The smallest absolute Gasteiger partial charge is 0.237 e. The topological polar surface area (TPSA) is 44.4 Å². The SMILES string of the molecule is CCNC(=O)[C@@H]1C[C@H](NC2Cc3ccccc3C2)CN1Cc1ccccc1Cl. The van der Waals surface area contributed by atoms with Crippen LogP contribution in [0.1, 0.15) is 30.0 Å². The summed E-state index contributed by atoms with van der Waals surface area (Å²) in [4.78, 5) is 14.9. The molecule has 4 nitrogen and oxygen atoms in total. The lowest BCUT2D eigenvalue weighted by Gasteiger charge is -2.24. The van der Waals surface area contributed by atoms with Crippen LogP contribution < -0.4 is 10.6 Å². The van der Waals surface area contributed by atoms with Crippen LogP contribution in [-0.2, 0) is 24.2 Å². The number of rotatable bonds is 6. The summed E-state index contributed by atoms with van der Waals surface area (Å²) < 4.78 is 0. The molecule has 1 aliphatic heterocycles. The van der Waals surface area contributed by atoms with E-state index in [0.29, 0.717) is 25.2 Å². The zero-order chi connectivity index (χ0) is 19.5. The first kappa shape index (κ1) is 19.4. The van der Waals surface area contributed by atoms with Gasteiger partial charge in [0, 0.05) is 36.7 Å². The summed E-state index contributed by atoms with van der Waals surface area (Å²) >= 11 is 6.37. The number of hydrogen-bond donors (Lipinski definition) is 2. The van der Waals surface area contributed by atoms with Gasteiger partial charge in [-0.05, 0) is 48.9 Å². The molecule has 148 valence electrons. The molecule has 0 unspecified atom stereocenters. The average molecular weight is 398 g/mol. The van der Waals surface area contributed by atoms with Crippen LogP contribution in [0.4, 0.5) is 0 Å². The van der Waals surface area contributed by atoms with E-state index in [2.05, 4.69) is 39.8 Å². The van der Waals surface area contributed by atoms with Gasteiger partial charge in [-0.3, -0.25) is 9.69 Å². The Kier molecular flexibility index (Phi) is 6.00. The fourth-order valence-electron chi connectivity index (χ4n) is 4.62. The molecule has 4 rings (SSSR count). The zero-order valence-corrected chi connectivity index (χ0v) is 17.1. The number of halogens is 1. The van der Waals surface area contributed by atoms with E-state index in [0.717, 1.165) is 36.4 Å². The van der Waals surface area contributed by atoms with E-state index in [1.54, 1.807) is 0 Å². The molecule has 0 aromatic heterocycles. The number of nitrogens with one attached hydrogen (secondary N) is 2. The number of carbonyl (C=O) groups is 1. The molecule has 2 aromatic carbocycles. The summed E-state index contributed by atoms with van der Waals surface area (Å²) in [5.41, 5.74) is 3.98. The maximum absolute atomic E-state index is 12.7. The Morgan fingerprint density at radius 1 is 1.07 bits per heavy atom. The Bertz CT molecular complexity index is 815. The molecule has 2 atom stereocenters. The largest absolute Gasteiger partial charge is 0.355 e. The van der Waals surface area contributed by atoms with Gasteiger partial charge in [0.1, 0.15) is 0 Å². The maximum Gasteiger partial charge on any atom is 0.237 e. The molecule has 1 amide bonds. The van der Waals surface area contributed by atoms with Gasteiger partial charge in [0.2, 0.25) is 5.91 Å². The van der Waals surface area contributed by atoms with Crippen molar-refractivity contribution in [3.8, 4) is 0 Å². The third-order valence-corrected chi connectivity index (χ3v) is 6.28. The predicted molar refractivity (Wildman–Crippen MR) is 114 cm³/mol. The number of likely N-dealkylation sites (tertiary alicyclic amines) is 1. The summed E-state index contributed by atoms with van der Waals surface area (Å²) in [5, 5.41) is 7.60. The standard InChI is InChI=1S/C23H28ClN3O/c1-2-25-23(28)22-13-20(15-27(22)14-18-9-5-6-10-21(18)24)26-19-11-16-7-3-4-8-17(16)12-19/h3-10,19-20,22,26H,2,11-15H2,1H3,(H,25,28)/t20-,22-/m0/s1. The fourth-order valence-corrected chi connectivity index (χ4v) is 4.81. The Balaban J connectivity index is 1.44. The highest BCUT2D eigenvalue weighted by Crippen LogP contribution is 2.27. The van der Waals surface area contributed by atoms with Crippen LogP contribution in [0.15, 0.2) is 48.5 Å². The van der Waals surface area contributed by atoms with Crippen LogP contribution in [0.3, 0.4) is 0 Å². The van der Waals surface area contributed by atoms with E-state index >= 15 is 0 Å². The quantitative estimate of drug-likeness (QED) is 0.786. The molecule has 1 saturated heterocycles. The maximum atomic E-state index is 12.7. The Morgan fingerprint density at radius 2 is 1.75 bits per heavy atom. The van der Waals surface area contributed by atoms with Gasteiger partial charge < -0.3 is 10.6 Å². The number of nitrogens with zero attached hydrogens (tertiary/aromatic N) is 1. The third-order valence-electron chi connectivity index (χ3n) is 5.91. The Morgan fingerprint density at radius 3 is 2.43 bits per heavy atom. The minimum absolute atomic E-state index is 0.113. The van der Waals surface area contributed by atoms with Gasteiger partial charge in [0.15, 0.2) is 0 Å². The van der Waals surface area contributed by atoms with E-state index in [-0.39, 0.29) is 11.9 Å². The van der Waals surface area contributed by atoms with Crippen LogP contribution in [0.5, 0.6) is 0 Å². The summed E-state index contributed by atoms with van der Waals surface area (Å²) in [7, 11) is 0. The summed E-state index contributed by atoms with van der Waals surface area (Å²) in [5.74, 6) is 0.119. The molecule has 2 N–H and O–H groups in total. The minimum Gasteiger partial charge on any atom is -0.355 e. The predicted octanol–water partition coefficient (Wildman–Crippen LogP) is 3.18. The second-order valence-corrected chi connectivity index (χ2v) is 8.31. The second kappa shape index (κ2) is 8.64. The van der Waals surface area contributed by atoms with Gasteiger partial charge in [-0.1, -0.05) is 54.1 Å². The highest BCUT2D eigenvalue weighted by molar-refractivity contribution is 6.31. The van der Waals surface area contributed by atoms with E-state index in [1.807, 2.05) is 31.2 Å². The molecule has 28 heavy (non-hydrogen) atoms. The second-order valence-electron chi connectivity index (χ2n) is 7.90. The number of amides is 1. The molecule has 1 heterocycles. The van der Waals surface area contributed by atoms with Crippen LogP contribution >= 0.6 is 11.6 Å². The lowest BCUT2D eigenvalue weighted by atomic mass is 10.1. The average Bonchev–Trinajstić information content (AvgIpc) is 3.27. The molecule has 0 spiro atoms. The van der Waals surface area contributed by atoms with Crippen molar-refractivity contribution in [1.29, 1.82) is 0 Å². The highest BCUT2D eigenvalue weighted by atomic mass is 35.5. The lowest BCUT2D eigenvalue weighted by molar-refractivity contribution is -0.125. The molecular weight excluding hydrogens is 370 g/mol. The van der Waals surface area contributed by atoms with Gasteiger partial charge in [-0.15, -0.1) is 0 Å². The zero-order valence-electron chi connectivity index (χ0n) is 16.3. The van der Waals surface area contributed by atoms with Gasteiger partial charge in [-0.25, -0.2) is 0 Å². The molecule has 5 heteroatoms. The van der Waals surface area contributed by atoms with Gasteiger partial charge >= 0.3 is 0 Å². The van der Waals surface area contributed by atoms with Crippen molar-refractivity contribution in [1.82, 2.24) is 15.5 Å². The summed E-state index contributed by atoms with van der Waals surface area (Å²) in [6, 6.07) is 17.3.